The van der Waals surface area contributed by atoms with E-state index in [1.165, 1.54) is 0 Å². The van der Waals surface area contributed by atoms with E-state index in [1.807, 2.05) is 14.1 Å². The Hall–Kier alpha value is -0.570. The summed E-state index contributed by atoms with van der Waals surface area (Å²) in [7, 11) is 4.03. The summed E-state index contributed by atoms with van der Waals surface area (Å²) in [5.41, 5.74) is 0.231. The quantitative estimate of drug-likeness (QED) is 0.825. The highest BCUT2D eigenvalue weighted by Gasteiger charge is 2.41. The lowest BCUT2D eigenvalue weighted by Crippen LogP contribution is -2.49. The molecule has 0 heterocycles. The number of hydrogen-bond acceptors (Lipinski definition) is 2. The Labute approximate surface area is 105 Å². The van der Waals surface area contributed by atoms with Gasteiger partial charge in [-0.2, -0.15) is 0 Å². The Kier molecular flexibility index (Phi) is 4.23. The van der Waals surface area contributed by atoms with Crippen LogP contribution in [-0.2, 0) is 4.79 Å². The number of rotatable bonds is 3. The average molecular weight is 241 g/mol. The molecule has 100 valence electrons. The third kappa shape index (κ3) is 3.44. The van der Waals surface area contributed by atoms with Crippen molar-refractivity contribution in [3.63, 3.8) is 0 Å². The van der Waals surface area contributed by atoms with E-state index >= 15 is 0 Å². The third-order valence-electron chi connectivity index (χ3n) is 4.57. The number of carboxylic acid groups (broad SMARTS) is 1. The van der Waals surface area contributed by atoms with Crippen LogP contribution in [0.2, 0.25) is 0 Å². The molecule has 17 heavy (non-hydrogen) atoms. The second kappa shape index (κ2) is 4.97. The Morgan fingerprint density at radius 1 is 1.29 bits per heavy atom. The monoisotopic (exact) mass is 241 g/mol. The smallest absolute Gasteiger partial charge is 0.305 e. The van der Waals surface area contributed by atoms with Crippen LogP contribution in [0, 0.1) is 11.3 Å². The van der Waals surface area contributed by atoms with E-state index in [4.69, 9.17) is 5.11 Å². The van der Waals surface area contributed by atoms with E-state index in [0.717, 1.165) is 31.6 Å². The molecule has 3 nitrogen and oxygen atoms in total. The SMILES string of the molecule is CN(C)C1(CC(=O)O)CCC(C(C)(C)C)CC1. The fourth-order valence-corrected chi connectivity index (χ4v) is 3.08. The van der Waals surface area contributed by atoms with Gasteiger partial charge in [-0.05, 0) is 51.1 Å². The first kappa shape index (κ1) is 14.5. The minimum atomic E-state index is -0.673. The van der Waals surface area contributed by atoms with E-state index in [2.05, 4.69) is 25.7 Å². The predicted octanol–water partition coefficient (Wildman–Crippen LogP) is 3.00. The molecule has 1 aliphatic carbocycles. The van der Waals surface area contributed by atoms with Gasteiger partial charge in [0.15, 0.2) is 0 Å². The summed E-state index contributed by atoms with van der Waals surface area (Å²) in [6.07, 6.45) is 4.59. The van der Waals surface area contributed by atoms with Gasteiger partial charge in [-0.15, -0.1) is 0 Å². The van der Waals surface area contributed by atoms with Crippen LogP contribution in [0.1, 0.15) is 52.9 Å². The first-order chi connectivity index (χ1) is 7.67. The van der Waals surface area contributed by atoms with Crippen LogP contribution in [0.3, 0.4) is 0 Å². The van der Waals surface area contributed by atoms with Gasteiger partial charge in [-0.3, -0.25) is 4.79 Å². The number of carboxylic acids is 1. The molecule has 1 fully saturated rings. The minimum Gasteiger partial charge on any atom is -0.481 e. The Bertz CT molecular complexity index is 270. The minimum absolute atomic E-state index is 0.117. The highest BCUT2D eigenvalue weighted by molar-refractivity contribution is 5.68. The van der Waals surface area contributed by atoms with Crippen LogP contribution in [0.4, 0.5) is 0 Å². The molecule has 1 N–H and O–H groups in total. The lowest BCUT2D eigenvalue weighted by Gasteiger charge is -2.47. The van der Waals surface area contributed by atoms with Crippen LogP contribution in [-0.4, -0.2) is 35.6 Å². The first-order valence-corrected chi connectivity index (χ1v) is 6.57. The highest BCUT2D eigenvalue weighted by Crippen LogP contribution is 2.44. The molecule has 0 radical (unpaired) electrons. The molecule has 0 aromatic heterocycles. The van der Waals surface area contributed by atoms with Crippen molar-refractivity contribution in [3.05, 3.63) is 0 Å². The van der Waals surface area contributed by atoms with E-state index in [0.29, 0.717) is 5.41 Å². The van der Waals surface area contributed by atoms with Gasteiger partial charge in [0.1, 0.15) is 0 Å². The number of aliphatic carboxylic acids is 1. The van der Waals surface area contributed by atoms with Crippen LogP contribution in [0.5, 0.6) is 0 Å². The number of hydrogen-bond donors (Lipinski definition) is 1. The summed E-state index contributed by atoms with van der Waals surface area (Å²) in [6.45, 7) is 6.87. The molecule has 1 aliphatic rings. The van der Waals surface area contributed by atoms with Crippen molar-refractivity contribution in [2.24, 2.45) is 11.3 Å². The van der Waals surface area contributed by atoms with Gasteiger partial charge in [-0.1, -0.05) is 20.8 Å². The van der Waals surface area contributed by atoms with E-state index in [1.54, 1.807) is 0 Å². The molecule has 1 rings (SSSR count). The van der Waals surface area contributed by atoms with Crippen molar-refractivity contribution in [2.45, 2.75) is 58.4 Å². The topological polar surface area (TPSA) is 40.5 Å². The summed E-state index contributed by atoms with van der Waals surface area (Å²) < 4.78 is 0. The second-order valence-corrected chi connectivity index (χ2v) is 6.83. The van der Waals surface area contributed by atoms with E-state index in [-0.39, 0.29) is 12.0 Å². The Balaban J connectivity index is 2.71. The van der Waals surface area contributed by atoms with E-state index in [9.17, 15) is 4.79 Å². The fourth-order valence-electron chi connectivity index (χ4n) is 3.08. The zero-order valence-electron chi connectivity index (χ0n) is 11.9. The lowest BCUT2D eigenvalue weighted by molar-refractivity contribution is -0.141. The molecule has 1 saturated carbocycles. The summed E-state index contributed by atoms with van der Waals surface area (Å²) >= 11 is 0. The van der Waals surface area contributed by atoms with Gasteiger partial charge in [0.25, 0.3) is 0 Å². The Morgan fingerprint density at radius 3 is 2.06 bits per heavy atom. The molecule has 0 aromatic carbocycles. The first-order valence-electron chi connectivity index (χ1n) is 6.57. The zero-order chi connectivity index (χ0) is 13.3. The molecule has 3 heteroatoms. The van der Waals surface area contributed by atoms with Gasteiger partial charge >= 0.3 is 5.97 Å². The third-order valence-corrected chi connectivity index (χ3v) is 4.57. The Morgan fingerprint density at radius 2 is 1.76 bits per heavy atom. The maximum atomic E-state index is 11.0. The second-order valence-electron chi connectivity index (χ2n) is 6.83. The van der Waals surface area contributed by atoms with Crippen molar-refractivity contribution in [1.29, 1.82) is 0 Å². The van der Waals surface area contributed by atoms with Gasteiger partial charge in [0, 0.05) is 5.54 Å². The van der Waals surface area contributed by atoms with Crippen molar-refractivity contribution in [2.75, 3.05) is 14.1 Å². The number of carbonyl (C=O) groups is 1. The van der Waals surface area contributed by atoms with Crippen molar-refractivity contribution in [3.8, 4) is 0 Å². The molecule has 0 saturated heterocycles. The molecule has 0 aliphatic heterocycles. The van der Waals surface area contributed by atoms with Crippen molar-refractivity contribution in [1.82, 2.24) is 4.90 Å². The lowest BCUT2D eigenvalue weighted by atomic mass is 9.66. The van der Waals surface area contributed by atoms with Crippen molar-refractivity contribution < 1.29 is 9.90 Å². The summed E-state index contributed by atoms with van der Waals surface area (Å²) in [6, 6.07) is 0. The summed E-state index contributed by atoms with van der Waals surface area (Å²) in [5, 5.41) is 9.08. The highest BCUT2D eigenvalue weighted by atomic mass is 16.4. The molecule has 0 spiro atoms. The predicted molar refractivity (Wildman–Crippen MR) is 70.1 cm³/mol. The maximum Gasteiger partial charge on any atom is 0.305 e. The molecule has 0 aromatic rings. The maximum absolute atomic E-state index is 11.0. The van der Waals surface area contributed by atoms with Crippen LogP contribution in [0.15, 0.2) is 0 Å². The van der Waals surface area contributed by atoms with Gasteiger partial charge in [0.05, 0.1) is 6.42 Å². The standard InChI is InChI=1S/C14H27NO2/c1-13(2,3)11-6-8-14(9-7-11,15(4)5)10-12(16)17/h11H,6-10H2,1-5H3,(H,16,17). The van der Waals surface area contributed by atoms with Gasteiger partial charge < -0.3 is 10.0 Å². The summed E-state index contributed by atoms with van der Waals surface area (Å²) in [4.78, 5) is 13.2. The van der Waals surface area contributed by atoms with E-state index < -0.39 is 5.97 Å². The van der Waals surface area contributed by atoms with Crippen LogP contribution in [0.25, 0.3) is 0 Å². The molecular weight excluding hydrogens is 214 g/mol. The molecular formula is C14H27NO2. The zero-order valence-corrected chi connectivity index (χ0v) is 11.9. The molecule has 0 amide bonds. The van der Waals surface area contributed by atoms with Crippen molar-refractivity contribution >= 4 is 5.97 Å². The van der Waals surface area contributed by atoms with Crippen LogP contribution < -0.4 is 0 Å². The molecule has 0 unspecified atom stereocenters. The average Bonchev–Trinajstić information content (AvgIpc) is 2.15. The summed E-state index contributed by atoms with van der Waals surface area (Å²) in [5.74, 6) is 0.0530. The normalized spacial score (nSPS) is 30.6. The van der Waals surface area contributed by atoms with Gasteiger partial charge in [-0.25, -0.2) is 0 Å². The fraction of sp³-hybridized carbons (Fsp3) is 0.929. The largest absolute Gasteiger partial charge is 0.481 e. The molecule has 0 bridgehead atoms. The number of nitrogens with zero attached hydrogens (tertiary/aromatic N) is 1. The molecule has 0 atom stereocenters. The van der Waals surface area contributed by atoms with Gasteiger partial charge in [0.2, 0.25) is 0 Å². The van der Waals surface area contributed by atoms with Crippen LogP contribution >= 0.6 is 0 Å².